The number of nitrogens with one attached hydrogen (secondary N) is 1. The molecule has 2 atom stereocenters. The average molecular weight is 217 g/mol. The molecule has 2 N–H and O–H groups in total. The van der Waals surface area contributed by atoms with Crippen LogP contribution in [0.3, 0.4) is 0 Å². The quantitative estimate of drug-likeness (QED) is 0.640. The highest BCUT2D eigenvalue weighted by atomic mass is 16.5. The van der Waals surface area contributed by atoms with Gasteiger partial charge in [-0.1, -0.05) is 0 Å². The van der Waals surface area contributed by atoms with E-state index in [4.69, 9.17) is 14.6 Å². The van der Waals surface area contributed by atoms with Crippen molar-refractivity contribution in [3.63, 3.8) is 0 Å². The number of hydrogen-bond donors (Lipinski definition) is 2. The number of methoxy groups -OCH3 is 1. The molecule has 0 saturated carbocycles. The molecule has 1 amide bonds. The lowest BCUT2D eigenvalue weighted by molar-refractivity contribution is -0.131. The fraction of sp³-hybridized carbons (Fsp3) is 0.900. The monoisotopic (exact) mass is 217 g/mol. The molecule has 0 radical (unpaired) electrons. The molecule has 0 bridgehead atoms. The maximum atomic E-state index is 11.6. The largest absolute Gasteiger partial charge is 0.396 e. The zero-order valence-corrected chi connectivity index (χ0v) is 9.07. The van der Waals surface area contributed by atoms with Gasteiger partial charge in [-0.25, -0.2) is 0 Å². The molecule has 15 heavy (non-hydrogen) atoms. The molecule has 0 aromatic heterocycles. The number of aliphatic hydroxyl groups excluding tert-OH is 1. The highest BCUT2D eigenvalue weighted by molar-refractivity contribution is 5.81. The van der Waals surface area contributed by atoms with Gasteiger partial charge in [-0.15, -0.1) is 0 Å². The van der Waals surface area contributed by atoms with Crippen molar-refractivity contribution in [3.8, 4) is 0 Å². The summed E-state index contributed by atoms with van der Waals surface area (Å²) in [5, 5.41) is 11.6. The summed E-state index contributed by atoms with van der Waals surface area (Å²) >= 11 is 0. The minimum Gasteiger partial charge on any atom is -0.396 e. The van der Waals surface area contributed by atoms with Gasteiger partial charge in [-0.3, -0.25) is 4.79 Å². The lowest BCUT2D eigenvalue weighted by atomic mass is 10.2. The lowest BCUT2D eigenvalue weighted by Crippen LogP contribution is -2.43. The van der Waals surface area contributed by atoms with Crippen molar-refractivity contribution in [1.29, 1.82) is 0 Å². The van der Waals surface area contributed by atoms with E-state index in [2.05, 4.69) is 5.32 Å². The average Bonchev–Trinajstić information content (AvgIpc) is 2.71. The number of ether oxygens (including phenoxy) is 2. The van der Waals surface area contributed by atoms with Gasteiger partial charge in [0.15, 0.2) is 0 Å². The first-order valence-electron chi connectivity index (χ1n) is 5.29. The lowest BCUT2D eigenvalue weighted by Gasteiger charge is -2.19. The summed E-state index contributed by atoms with van der Waals surface area (Å²) in [6.45, 7) is 1.12. The van der Waals surface area contributed by atoms with Gasteiger partial charge in [0, 0.05) is 20.3 Å². The number of rotatable bonds is 6. The minimum atomic E-state index is -0.317. The van der Waals surface area contributed by atoms with Crippen LogP contribution in [0.2, 0.25) is 0 Å². The van der Waals surface area contributed by atoms with Crippen molar-refractivity contribution < 1.29 is 19.4 Å². The van der Waals surface area contributed by atoms with Gasteiger partial charge in [-0.05, 0) is 19.3 Å². The summed E-state index contributed by atoms with van der Waals surface area (Å²) in [6.07, 6.45) is 1.91. The summed E-state index contributed by atoms with van der Waals surface area (Å²) in [5.41, 5.74) is 0. The molecule has 1 fully saturated rings. The highest BCUT2D eigenvalue weighted by Gasteiger charge is 2.25. The van der Waals surface area contributed by atoms with E-state index in [0.29, 0.717) is 19.6 Å². The van der Waals surface area contributed by atoms with Gasteiger partial charge in [0.2, 0.25) is 5.91 Å². The molecule has 0 aliphatic carbocycles. The predicted octanol–water partition coefficient (Wildman–Crippen LogP) is -0.321. The summed E-state index contributed by atoms with van der Waals surface area (Å²) in [6, 6.07) is -0.128. The Morgan fingerprint density at radius 3 is 3.07 bits per heavy atom. The van der Waals surface area contributed by atoms with Crippen molar-refractivity contribution >= 4 is 5.91 Å². The first-order chi connectivity index (χ1) is 7.27. The molecule has 0 aromatic rings. The van der Waals surface area contributed by atoms with E-state index in [1.54, 1.807) is 7.11 Å². The van der Waals surface area contributed by atoms with Crippen molar-refractivity contribution in [2.45, 2.75) is 31.4 Å². The minimum absolute atomic E-state index is 0.0415. The molecular formula is C10H19NO4. The molecule has 5 heteroatoms. The Labute approximate surface area is 89.8 Å². The second kappa shape index (κ2) is 6.76. The van der Waals surface area contributed by atoms with E-state index in [0.717, 1.165) is 12.8 Å². The van der Waals surface area contributed by atoms with Crippen LogP contribution in [0, 0.1) is 0 Å². The number of hydrogen-bond acceptors (Lipinski definition) is 4. The molecular weight excluding hydrogens is 198 g/mol. The third-order valence-corrected chi connectivity index (χ3v) is 2.41. The zero-order chi connectivity index (χ0) is 11.1. The molecule has 0 aromatic carbocycles. The molecule has 1 heterocycles. The summed E-state index contributed by atoms with van der Waals surface area (Å²) in [7, 11) is 1.57. The van der Waals surface area contributed by atoms with Crippen molar-refractivity contribution in [3.05, 3.63) is 0 Å². The van der Waals surface area contributed by atoms with E-state index in [-0.39, 0.29) is 24.7 Å². The molecule has 1 unspecified atom stereocenters. The van der Waals surface area contributed by atoms with Gasteiger partial charge in [0.25, 0.3) is 0 Å². The smallest absolute Gasteiger partial charge is 0.249 e. The molecule has 5 nitrogen and oxygen atoms in total. The Bertz CT molecular complexity index is 186. The van der Waals surface area contributed by atoms with Gasteiger partial charge in [0.1, 0.15) is 6.10 Å². The van der Waals surface area contributed by atoms with E-state index in [1.165, 1.54) is 0 Å². The van der Waals surface area contributed by atoms with Crippen LogP contribution in [0.15, 0.2) is 0 Å². The van der Waals surface area contributed by atoms with Crippen molar-refractivity contribution in [2.75, 3.05) is 26.9 Å². The normalized spacial score (nSPS) is 22.7. The predicted molar refractivity (Wildman–Crippen MR) is 54.5 cm³/mol. The van der Waals surface area contributed by atoms with Crippen molar-refractivity contribution in [1.82, 2.24) is 5.32 Å². The Morgan fingerprint density at radius 1 is 1.73 bits per heavy atom. The van der Waals surface area contributed by atoms with Crippen LogP contribution in [0.25, 0.3) is 0 Å². The van der Waals surface area contributed by atoms with Gasteiger partial charge in [-0.2, -0.15) is 0 Å². The van der Waals surface area contributed by atoms with E-state index in [9.17, 15) is 4.79 Å². The first-order valence-corrected chi connectivity index (χ1v) is 5.29. The first kappa shape index (κ1) is 12.4. The van der Waals surface area contributed by atoms with Gasteiger partial charge < -0.3 is 19.9 Å². The number of amides is 1. The Kier molecular flexibility index (Phi) is 5.60. The summed E-state index contributed by atoms with van der Waals surface area (Å²) in [5.74, 6) is -0.0944. The zero-order valence-electron chi connectivity index (χ0n) is 9.07. The number of carbonyl (C=O) groups excluding carboxylic acids is 1. The number of carbonyl (C=O) groups is 1. The van der Waals surface area contributed by atoms with Crippen LogP contribution in [0.4, 0.5) is 0 Å². The van der Waals surface area contributed by atoms with Crippen LogP contribution < -0.4 is 5.32 Å². The van der Waals surface area contributed by atoms with E-state index in [1.807, 2.05) is 0 Å². The van der Waals surface area contributed by atoms with Crippen molar-refractivity contribution in [2.24, 2.45) is 0 Å². The maximum absolute atomic E-state index is 11.6. The third kappa shape index (κ3) is 4.15. The molecule has 1 saturated heterocycles. The van der Waals surface area contributed by atoms with Crippen LogP contribution >= 0.6 is 0 Å². The third-order valence-electron chi connectivity index (χ3n) is 2.41. The highest BCUT2D eigenvalue weighted by Crippen LogP contribution is 2.12. The molecule has 1 aliphatic heterocycles. The van der Waals surface area contributed by atoms with Crippen LogP contribution in [-0.4, -0.2) is 50.1 Å². The summed E-state index contributed by atoms with van der Waals surface area (Å²) in [4.78, 5) is 11.6. The molecule has 1 aliphatic rings. The van der Waals surface area contributed by atoms with E-state index < -0.39 is 0 Å². The summed E-state index contributed by atoms with van der Waals surface area (Å²) < 4.78 is 10.2. The molecule has 1 rings (SSSR count). The second-order valence-corrected chi connectivity index (χ2v) is 3.67. The second-order valence-electron chi connectivity index (χ2n) is 3.67. The van der Waals surface area contributed by atoms with Crippen LogP contribution in [0.1, 0.15) is 19.3 Å². The van der Waals surface area contributed by atoms with Crippen LogP contribution in [-0.2, 0) is 14.3 Å². The molecule has 0 spiro atoms. The van der Waals surface area contributed by atoms with Gasteiger partial charge in [0.05, 0.1) is 12.6 Å². The SMILES string of the molecule is COCC(CCO)NC(=O)[C@@H]1CCCO1. The fourth-order valence-corrected chi connectivity index (χ4v) is 1.63. The Balaban J connectivity index is 2.31. The fourth-order valence-electron chi connectivity index (χ4n) is 1.63. The topological polar surface area (TPSA) is 67.8 Å². The number of aliphatic hydroxyl groups is 1. The van der Waals surface area contributed by atoms with Crippen LogP contribution in [0.5, 0.6) is 0 Å². The molecule has 88 valence electrons. The van der Waals surface area contributed by atoms with E-state index >= 15 is 0 Å². The Morgan fingerprint density at radius 2 is 2.53 bits per heavy atom. The Hall–Kier alpha value is -0.650. The van der Waals surface area contributed by atoms with Gasteiger partial charge >= 0.3 is 0 Å². The maximum Gasteiger partial charge on any atom is 0.249 e. The standard InChI is InChI=1S/C10H19NO4/c1-14-7-8(4-5-12)11-10(13)9-3-2-6-15-9/h8-9,12H,2-7H2,1H3,(H,11,13)/t8?,9-/m0/s1.